The van der Waals surface area contributed by atoms with Gasteiger partial charge < -0.3 is 5.32 Å². The van der Waals surface area contributed by atoms with Gasteiger partial charge in [0.2, 0.25) is 0 Å². The van der Waals surface area contributed by atoms with E-state index in [9.17, 15) is 9.18 Å². The van der Waals surface area contributed by atoms with E-state index < -0.39 is 0 Å². The molecule has 1 aromatic heterocycles. The Labute approximate surface area is 139 Å². The fourth-order valence-corrected chi connectivity index (χ4v) is 2.40. The molecule has 0 fully saturated rings. The van der Waals surface area contributed by atoms with E-state index in [4.69, 9.17) is 0 Å². The van der Waals surface area contributed by atoms with Crippen LogP contribution in [0.3, 0.4) is 0 Å². The molecule has 116 valence electrons. The van der Waals surface area contributed by atoms with Gasteiger partial charge in [0.1, 0.15) is 12.1 Å². The molecule has 23 heavy (non-hydrogen) atoms. The summed E-state index contributed by atoms with van der Waals surface area (Å²) >= 11 is 3.35. The SMILES string of the molecule is O=C(NCc1ccc(F)cc1)c1cc(Br)ccc1-n1cnnn1. The zero-order valence-corrected chi connectivity index (χ0v) is 13.4. The molecule has 6 nitrogen and oxygen atoms in total. The molecule has 3 rings (SSSR count). The Morgan fingerprint density at radius 1 is 1.22 bits per heavy atom. The number of nitrogens with one attached hydrogen (secondary N) is 1. The highest BCUT2D eigenvalue weighted by molar-refractivity contribution is 9.10. The van der Waals surface area contributed by atoms with E-state index in [1.807, 2.05) is 0 Å². The summed E-state index contributed by atoms with van der Waals surface area (Å²) < 4.78 is 15.1. The van der Waals surface area contributed by atoms with Crippen molar-refractivity contribution in [3.8, 4) is 5.69 Å². The molecule has 1 amide bonds. The van der Waals surface area contributed by atoms with E-state index in [1.165, 1.54) is 23.1 Å². The standard InChI is InChI=1S/C15H11BrFN5O/c16-11-3-6-14(22-9-19-20-21-22)13(7-11)15(23)18-8-10-1-4-12(17)5-2-10/h1-7,9H,8H2,(H,18,23). The molecule has 3 aromatic rings. The highest BCUT2D eigenvalue weighted by Crippen LogP contribution is 2.19. The van der Waals surface area contributed by atoms with Crippen molar-refractivity contribution in [1.29, 1.82) is 0 Å². The first-order valence-corrected chi connectivity index (χ1v) is 7.48. The lowest BCUT2D eigenvalue weighted by atomic mass is 10.1. The lowest BCUT2D eigenvalue weighted by Gasteiger charge is -2.10. The number of nitrogens with zero attached hydrogens (tertiary/aromatic N) is 4. The molecule has 2 aromatic carbocycles. The van der Waals surface area contributed by atoms with Gasteiger partial charge in [0, 0.05) is 11.0 Å². The summed E-state index contributed by atoms with van der Waals surface area (Å²) in [5, 5.41) is 13.8. The number of halogens is 2. The smallest absolute Gasteiger partial charge is 0.253 e. The number of hydrogen-bond donors (Lipinski definition) is 1. The molecule has 1 N–H and O–H groups in total. The first-order chi connectivity index (χ1) is 11.1. The Balaban J connectivity index is 1.81. The fourth-order valence-electron chi connectivity index (χ4n) is 2.04. The third-order valence-electron chi connectivity index (χ3n) is 3.17. The van der Waals surface area contributed by atoms with E-state index in [0.717, 1.165) is 10.0 Å². The van der Waals surface area contributed by atoms with Gasteiger partial charge >= 0.3 is 0 Å². The van der Waals surface area contributed by atoms with Crippen LogP contribution in [0.25, 0.3) is 5.69 Å². The molecule has 0 saturated carbocycles. The molecular formula is C15H11BrFN5O. The third kappa shape index (κ3) is 3.59. The zero-order valence-electron chi connectivity index (χ0n) is 11.8. The van der Waals surface area contributed by atoms with Crippen molar-refractivity contribution < 1.29 is 9.18 Å². The summed E-state index contributed by atoms with van der Waals surface area (Å²) in [7, 11) is 0. The average Bonchev–Trinajstić information content (AvgIpc) is 3.08. The van der Waals surface area contributed by atoms with Gasteiger partial charge in [0.05, 0.1) is 11.3 Å². The number of carbonyl (C=O) groups is 1. The van der Waals surface area contributed by atoms with E-state index >= 15 is 0 Å². The number of carbonyl (C=O) groups excluding carboxylic acids is 1. The molecule has 8 heteroatoms. The van der Waals surface area contributed by atoms with E-state index in [-0.39, 0.29) is 11.7 Å². The van der Waals surface area contributed by atoms with Crippen LogP contribution in [0, 0.1) is 5.82 Å². The largest absolute Gasteiger partial charge is 0.348 e. The monoisotopic (exact) mass is 375 g/mol. The topological polar surface area (TPSA) is 72.7 Å². The lowest BCUT2D eigenvalue weighted by molar-refractivity contribution is 0.0950. The Kier molecular flexibility index (Phi) is 4.42. The molecule has 0 saturated heterocycles. The number of tetrazole rings is 1. The summed E-state index contributed by atoms with van der Waals surface area (Å²) in [5.74, 6) is -0.589. The van der Waals surface area contributed by atoms with Gasteiger partial charge in [-0.25, -0.2) is 4.39 Å². The van der Waals surface area contributed by atoms with Crippen LogP contribution in [0.4, 0.5) is 4.39 Å². The van der Waals surface area contributed by atoms with Crippen LogP contribution in [0.15, 0.2) is 53.3 Å². The predicted molar refractivity (Wildman–Crippen MR) is 84.4 cm³/mol. The molecule has 0 unspecified atom stereocenters. The van der Waals surface area contributed by atoms with Gasteiger partial charge in [0.25, 0.3) is 5.91 Å². The molecular weight excluding hydrogens is 365 g/mol. The maximum Gasteiger partial charge on any atom is 0.253 e. The van der Waals surface area contributed by atoms with Crippen molar-refractivity contribution >= 4 is 21.8 Å². The van der Waals surface area contributed by atoms with Gasteiger partial charge in [-0.05, 0) is 46.3 Å². The van der Waals surface area contributed by atoms with Crippen LogP contribution in [-0.2, 0) is 6.54 Å². The fraction of sp³-hybridized carbons (Fsp3) is 0.0667. The van der Waals surface area contributed by atoms with Crippen molar-refractivity contribution in [2.75, 3.05) is 0 Å². The number of hydrogen-bond acceptors (Lipinski definition) is 4. The second-order valence-corrected chi connectivity index (χ2v) is 5.64. The average molecular weight is 376 g/mol. The number of aromatic nitrogens is 4. The Bertz CT molecular complexity index is 820. The second-order valence-electron chi connectivity index (χ2n) is 4.73. The van der Waals surface area contributed by atoms with Crippen molar-refractivity contribution in [2.45, 2.75) is 6.54 Å². The molecule has 0 bridgehead atoms. The summed E-state index contributed by atoms with van der Waals surface area (Å²) in [4.78, 5) is 12.5. The highest BCUT2D eigenvalue weighted by atomic mass is 79.9. The Morgan fingerprint density at radius 3 is 2.70 bits per heavy atom. The van der Waals surface area contributed by atoms with Crippen molar-refractivity contribution in [2.24, 2.45) is 0 Å². The second kappa shape index (κ2) is 6.66. The highest BCUT2D eigenvalue weighted by Gasteiger charge is 2.14. The van der Waals surface area contributed by atoms with Crippen LogP contribution in [0.5, 0.6) is 0 Å². The predicted octanol–water partition coefficient (Wildman–Crippen LogP) is 2.49. The molecule has 0 aliphatic heterocycles. The van der Waals surface area contributed by atoms with Crippen LogP contribution < -0.4 is 5.32 Å². The van der Waals surface area contributed by atoms with Crippen molar-refractivity contribution in [3.63, 3.8) is 0 Å². The molecule has 0 radical (unpaired) electrons. The first-order valence-electron chi connectivity index (χ1n) is 6.69. The van der Waals surface area contributed by atoms with Crippen molar-refractivity contribution in [3.05, 3.63) is 70.2 Å². The number of amides is 1. The zero-order chi connectivity index (χ0) is 16.2. The quantitative estimate of drug-likeness (QED) is 0.760. The Morgan fingerprint density at radius 2 is 2.00 bits per heavy atom. The van der Waals surface area contributed by atoms with Crippen LogP contribution in [-0.4, -0.2) is 26.1 Å². The minimum atomic E-state index is -0.312. The number of rotatable bonds is 4. The molecule has 0 atom stereocenters. The first kappa shape index (κ1) is 15.3. The summed E-state index contributed by atoms with van der Waals surface area (Å²) in [6.45, 7) is 0.292. The lowest BCUT2D eigenvalue weighted by Crippen LogP contribution is -2.24. The Hall–Kier alpha value is -2.61. The molecule has 0 aliphatic rings. The van der Waals surface area contributed by atoms with E-state index in [2.05, 4.69) is 36.8 Å². The third-order valence-corrected chi connectivity index (χ3v) is 3.66. The minimum absolute atomic E-state index is 0.277. The van der Waals surface area contributed by atoms with Crippen molar-refractivity contribution in [1.82, 2.24) is 25.5 Å². The van der Waals surface area contributed by atoms with Gasteiger partial charge in [-0.3, -0.25) is 4.79 Å². The van der Waals surface area contributed by atoms with Crippen LogP contribution in [0.2, 0.25) is 0 Å². The summed E-state index contributed by atoms with van der Waals surface area (Å²) in [6.07, 6.45) is 1.42. The molecule has 0 aliphatic carbocycles. The van der Waals surface area contributed by atoms with Gasteiger partial charge in [0.15, 0.2) is 0 Å². The van der Waals surface area contributed by atoms with Gasteiger partial charge in [-0.15, -0.1) is 5.10 Å². The minimum Gasteiger partial charge on any atom is -0.348 e. The summed E-state index contributed by atoms with van der Waals surface area (Å²) in [6, 6.07) is 11.2. The van der Waals surface area contributed by atoms with E-state index in [0.29, 0.717) is 17.8 Å². The molecule has 1 heterocycles. The maximum atomic E-state index is 12.9. The molecule has 0 spiro atoms. The van der Waals surface area contributed by atoms with Gasteiger partial charge in [-0.2, -0.15) is 4.68 Å². The normalized spacial score (nSPS) is 10.5. The van der Waals surface area contributed by atoms with Crippen LogP contribution >= 0.6 is 15.9 Å². The van der Waals surface area contributed by atoms with Crippen LogP contribution in [0.1, 0.15) is 15.9 Å². The summed E-state index contributed by atoms with van der Waals surface area (Å²) in [5.41, 5.74) is 1.79. The van der Waals surface area contributed by atoms with E-state index in [1.54, 1.807) is 30.3 Å². The maximum absolute atomic E-state index is 12.9. The number of benzene rings is 2. The van der Waals surface area contributed by atoms with Gasteiger partial charge in [-0.1, -0.05) is 28.1 Å².